The van der Waals surface area contributed by atoms with Crippen molar-refractivity contribution >= 4 is 12.0 Å². The van der Waals surface area contributed by atoms with Crippen LogP contribution in [-0.2, 0) is 9.59 Å². The van der Waals surface area contributed by atoms with Crippen LogP contribution in [-0.4, -0.2) is 35.4 Å². The van der Waals surface area contributed by atoms with Crippen molar-refractivity contribution in [3.8, 4) is 0 Å². The van der Waals surface area contributed by atoms with Crippen LogP contribution in [0.2, 0.25) is 0 Å². The Morgan fingerprint density at radius 3 is 1.88 bits per heavy atom. The lowest BCUT2D eigenvalue weighted by atomic mass is 10.3. The van der Waals surface area contributed by atoms with E-state index in [1.54, 1.807) is 6.92 Å². The zero-order valence-electron chi connectivity index (χ0n) is 10.9. The first kappa shape index (κ1) is 20.9. The molecule has 17 heavy (non-hydrogen) atoms. The second kappa shape index (κ2) is 20.0. The number of carbonyl (C=O) groups excluding carboxylic acids is 1. The van der Waals surface area contributed by atoms with Crippen molar-refractivity contribution in [1.29, 1.82) is 0 Å². The molecule has 0 aliphatic heterocycles. The minimum Gasteiger partial charge on any atom is -0.478 e. The van der Waals surface area contributed by atoms with Crippen LogP contribution in [0, 0.1) is 0 Å². The van der Waals surface area contributed by atoms with Gasteiger partial charge in [-0.2, -0.15) is 0 Å². The molecule has 100 valence electrons. The maximum atomic E-state index is 9.60. The second-order valence-corrected chi connectivity index (χ2v) is 3.08. The summed E-state index contributed by atoms with van der Waals surface area (Å²) in [5.41, 5.74) is 0.176. The average molecular weight is 245 g/mol. The Bertz CT molecular complexity index is 217. The Balaban J connectivity index is -0.000000174. The minimum absolute atomic E-state index is 0.176. The zero-order chi connectivity index (χ0) is 14.1. The number of carbonyl (C=O) groups is 1. The number of aliphatic hydroxyl groups is 1. The van der Waals surface area contributed by atoms with Gasteiger partial charge in [0.2, 0.25) is 6.08 Å². The van der Waals surface area contributed by atoms with Crippen LogP contribution in [0.3, 0.4) is 0 Å². The van der Waals surface area contributed by atoms with Gasteiger partial charge in [0.05, 0.1) is 0 Å². The fourth-order valence-electron chi connectivity index (χ4n) is 0.426. The van der Waals surface area contributed by atoms with Crippen LogP contribution in [0.4, 0.5) is 0 Å². The summed E-state index contributed by atoms with van der Waals surface area (Å²) in [7, 11) is 0. The molecule has 0 fully saturated rings. The van der Waals surface area contributed by atoms with Gasteiger partial charge < -0.3 is 10.2 Å². The highest BCUT2D eigenvalue weighted by Gasteiger charge is 1.90. The van der Waals surface area contributed by atoms with Crippen molar-refractivity contribution in [2.24, 2.45) is 4.99 Å². The maximum Gasteiger partial charge on any atom is 0.330 e. The lowest BCUT2D eigenvalue weighted by Gasteiger charge is -1.85. The van der Waals surface area contributed by atoms with Gasteiger partial charge in [-0.3, -0.25) is 0 Å². The van der Waals surface area contributed by atoms with Gasteiger partial charge in [-0.05, 0) is 20.3 Å². The van der Waals surface area contributed by atoms with E-state index in [2.05, 4.69) is 18.5 Å². The number of aliphatic hydroxyl groups excluding tert-OH is 1. The summed E-state index contributed by atoms with van der Waals surface area (Å²) in [6, 6.07) is 0. The Kier molecular flexibility index (Phi) is 24.6. The summed E-state index contributed by atoms with van der Waals surface area (Å²) in [4.78, 5) is 21.9. The van der Waals surface area contributed by atoms with E-state index in [0.29, 0.717) is 13.2 Å². The largest absolute Gasteiger partial charge is 0.478 e. The summed E-state index contributed by atoms with van der Waals surface area (Å²) in [5.74, 6) is -0.935. The van der Waals surface area contributed by atoms with Gasteiger partial charge in [0.25, 0.3) is 0 Å². The number of unbranched alkanes of at least 4 members (excludes halogenated alkanes) is 2. The standard InChI is InChI=1S/C5H12O.C4H6O2.C3H5NO/c1-2-3-4-5-6;1-3(2)4(5)6;1-2-4-3-5/h6H,2-5H2,1H3;1H2,2H3,(H,5,6);2H2,1H3. The highest BCUT2D eigenvalue weighted by atomic mass is 16.4. The van der Waals surface area contributed by atoms with Gasteiger partial charge in [-0.25, -0.2) is 14.6 Å². The third-order valence-corrected chi connectivity index (χ3v) is 1.35. The summed E-state index contributed by atoms with van der Waals surface area (Å²) in [5, 5.41) is 16.1. The molecular formula is C12H23NO4. The van der Waals surface area contributed by atoms with E-state index < -0.39 is 5.97 Å². The third kappa shape index (κ3) is 40.2. The fourth-order valence-corrected chi connectivity index (χ4v) is 0.426. The highest BCUT2D eigenvalue weighted by molar-refractivity contribution is 5.84. The molecule has 0 saturated heterocycles. The summed E-state index contributed by atoms with van der Waals surface area (Å²) in [6.45, 7) is 9.41. The van der Waals surface area contributed by atoms with Crippen LogP contribution < -0.4 is 0 Å². The normalized spacial score (nSPS) is 7.53. The van der Waals surface area contributed by atoms with Crippen molar-refractivity contribution in [3.05, 3.63) is 12.2 Å². The topological polar surface area (TPSA) is 87.0 Å². The predicted molar refractivity (Wildman–Crippen MR) is 67.7 cm³/mol. The number of carboxylic acids is 1. The zero-order valence-corrected chi connectivity index (χ0v) is 10.9. The van der Waals surface area contributed by atoms with E-state index in [9.17, 15) is 4.79 Å². The van der Waals surface area contributed by atoms with Crippen LogP contribution >= 0.6 is 0 Å². The molecule has 0 bridgehead atoms. The molecule has 5 nitrogen and oxygen atoms in total. The number of hydrogen-bond acceptors (Lipinski definition) is 4. The molecule has 0 aliphatic rings. The van der Waals surface area contributed by atoms with E-state index in [1.807, 2.05) is 0 Å². The Hall–Kier alpha value is -1.45. The molecule has 0 unspecified atom stereocenters. The van der Waals surface area contributed by atoms with Gasteiger partial charge in [-0.15, -0.1) is 0 Å². The summed E-state index contributed by atoms with van der Waals surface area (Å²) < 4.78 is 0. The van der Waals surface area contributed by atoms with E-state index in [1.165, 1.54) is 19.4 Å². The van der Waals surface area contributed by atoms with E-state index in [0.717, 1.165) is 12.8 Å². The average Bonchev–Trinajstić information content (AvgIpc) is 2.29. The SMILES string of the molecule is C=C(C)C(=O)O.CCCCCO.CCN=C=O. The second-order valence-electron chi connectivity index (χ2n) is 3.08. The van der Waals surface area contributed by atoms with Crippen LogP contribution in [0.15, 0.2) is 17.1 Å². The molecule has 0 amide bonds. The van der Waals surface area contributed by atoms with Crippen LogP contribution in [0.25, 0.3) is 0 Å². The summed E-state index contributed by atoms with van der Waals surface area (Å²) in [6.07, 6.45) is 4.72. The number of nitrogens with zero attached hydrogens (tertiary/aromatic N) is 1. The Morgan fingerprint density at radius 2 is 1.82 bits per heavy atom. The van der Waals surface area contributed by atoms with Crippen LogP contribution in [0.5, 0.6) is 0 Å². The van der Waals surface area contributed by atoms with Gasteiger partial charge in [0.15, 0.2) is 0 Å². The molecule has 2 N–H and O–H groups in total. The quantitative estimate of drug-likeness (QED) is 0.336. The number of carboxylic acid groups (broad SMARTS) is 1. The predicted octanol–water partition coefficient (Wildman–Crippen LogP) is 2.16. The molecule has 0 radical (unpaired) electrons. The first-order valence-electron chi connectivity index (χ1n) is 5.51. The monoisotopic (exact) mass is 245 g/mol. The minimum atomic E-state index is -0.935. The lowest BCUT2D eigenvalue weighted by molar-refractivity contribution is -0.132. The van der Waals surface area contributed by atoms with Gasteiger partial charge in [0, 0.05) is 18.7 Å². The molecule has 0 heterocycles. The number of rotatable bonds is 5. The van der Waals surface area contributed by atoms with Crippen LogP contribution in [0.1, 0.15) is 40.0 Å². The van der Waals surface area contributed by atoms with E-state index >= 15 is 0 Å². The Morgan fingerprint density at radius 1 is 1.35 bits per heavy atom. The van der Waals surface area contributed by atoms with Crippen molar-refractivity contribution in [2.45, 2.75) is 40.0 Å². The molecule has 5 heteroatoms. The summed E-state index contributed by atoms with van der Waals surface area (Å²) >= 11 is 0. The molecule has 0 spiro atoms. The molecule has 0 aliphatic carbocycles. The highest BCUT2D eigenvalue weighted by Crippen LogP contribution is 1.89. The van der Waals surface area contributed by atoms with Crippen molar-refractivity contribution in [3.63, 3.8) is 0 Å². The van der Waals surface area contributed by atoms with Crippen molar-refractivity contribution < 1.29 is 19.8 Å². The smallest absolute Gasteiger partial charge is 0.330 e. The maximum absolute atomic E-state index is 9.60. The molecule has 0 atom stereocenters. The molecule has 0 rings (SSSR count). The molecule has 0 saturated carbocycles. The van der Waals surface area contributed by atoms with Crippen molar-refractivity contribution in [1.82, 2.24) is 0 Å². The number of aliphatic carboxylic acids is 1. The first-order chi connectivity index (χ1) is 7.97. The van der Waals surface area contributed by atoms with Crippen molar-refractivity contribution in [2.75, 3.05) is 13.2 Å². The lowest BCUT2D eigenvalue weighted by Crippen LogP contribution is -1.92. The fraction of sp³-hybridized carbons (Fsp3) is 0.667. The Labute approximate surface area is 103 Å². The number of isocyanates is 1. The van der Waals surface area contributed by atoms with E-state index in [4.69, 9.17) is 15.0 Å². The molecule has 0 aromatic rings. The molecule has 0 aromatic carbocycles. The van der Waals surface area contributed by atoms with E-state index in [-0.39, 0.29) is 5.57 Å². The van der Waals surface area contributed by atoms with Gasteiger partial charge in [-0.1, -0.05) is 26.3 Å². The first-order valence-corrected chi connectivity index (χ1v) is 5.51. The molecule has 0 aromatic heterocycles. The van der Waals surface area contributed by atoms with Gasteiger partial charge in [0.1, 0.15) is 0 Å². The van der Waals surface area contributed by atoms with Gasteiger partial charge >= 0.3 is 5.97 Å². The number of hydrogen-bond donors (Lipinski definition) is 2. The third-order valence-electron chi connectivity index (χ3n) is 1.35. The number of aliphatic imine (C=N–C) groups is 1. The molecular weight excluding hydrogens is 222 g/mol.